The van der Waals surface area contributed by atoms with Crippen LogP contribution in [0.3, 0.4) is 0 Å². The van der Waals surface area contributed by atoms with Crippen LogP contribution in [0, 0.1) is 24.7 Å². The molecule has 210 valence electrons. The van der Waals surface area contributed by atoms with Crippen molar-refractivity contribution < 1.29 is 29.2 Å². The van der Waals surface area contributed by atoms with Crippen LogP contribution in [0.25, 0.3) is 10.8 Å². The van der Waals surface area contributed by atoms with Crippen molar-refractivity contribution in [3.8, 4) is 5.75 Å². The summed E-state index contributed by atoms with van der Waals surface area (Å²) in [5, 5.41) is 22.8. The lowest BCUT2D eigenvalue weighted by atomic mass is 9.66. The zero-order valence-electron chi connectivity index (χ0n) is 23.3. The summed E-state index contributed by atoms with van der Waals surface area (Å²) < 4.78 is 18.5. The molecule has 0 saturated carbocycles. The molecular weight excluding hydrogens is 492 g/mol. The van der Waals surface area contributed by atoms with Gasteiger partial charge in [0.25, 0.3) is 0 Å². The highest BCUT2D eigenvalue weighted by Gasteiger charge is 2.43. The number of aryl methyl sites for hydroxylation is 1. The minimum absolute atomic E-state index is 0.00246. The molecule has 0 radical (unpaired) electrons. The number of hydrogen-bond acceptors (Lipinski definition) is 6. The Hall–Kier alpha value is -2.67. The summed E-state index contributed by atoms with van der Waals surface area (Å²) in [6.07, 6.45) is 8.09. The molecule has 8 atom stereocenters. The third-order valence-corrected chi connectivity index (χ3v) is 8.77. The minimum Gasteiger partial charge on any atom is -0.478 e. The Kier molecular flexibility index (Phi) is 8.75. The molecule has 5 rings (SSSR count). The molecule has 2 N–H and O–H groups in total. The van der Waals surface area contributed by atoms with Crippen molar-refractivity contribution in [3.63, 3.8) is 0 Å². The number of fused-ring (bicyclic) bond motifs is 2. The molecule has 0 aromatic heterocycles. The Morgan fingerprint density at radius 3 is 2.74 bits per heavy atom. The molecule has 0 amide bonds. The van der Waals surface area contributed by atoms with Crippen LogP contribution in [0.15, 0.2) is 60.2 Å². The number of aliphatic hydroxyl groups is 2. The molecule has 1 fully saturated rings. The van der Waals surface area contributed by atoms with E-state index < -0.39 is 18.3 Å². The van der Waals surface area contributed by atoms with Crippen LogP contribution >= 0.6 is 0 Å². The van der Waals surface area contributed by atoms with E-state index in [4.69, 9.17) is 14.2 Å². The van der Waals surface area contributed by atoms with Gasteiger partial charge in [-0.15, -0.1) is 0 Å². The van der Waals surface area contributed by atoms with Gasteiger partial charge in [-0.05, 0) is 67.4 Å². The number of allylic oxidation sites excluding steroid dienone is 2. The summed E-state index contributed by atoms with van der Waals surface area (Å²) in [6.45, 7) is 6.73. The third kappa shape index (κ3) is 6.24. The normalized spacial score (nSPS) is 31.3. The molecule has 1 heterocycles. The van der Waals surface area contributed by atoms with E-state index in [2.05, 4.69) is 25.1 Å². The number of rotatable bonds is 8. The van der Waals surface area contributed by atoms with Crippen molar-refractivity contribution in [2.45, 2.75) is 89.8 Å². The van der Waals surface area contributed by atoms with Gasteiger partial charge in [-0.25, -0.2) is 4.79 Å². The standard InChI is InChI=1S/C33H42O6/c1-4-29(38-32-21(3)10-11-22-7-5-6-8-28(22)32)33(36)39-30-19-25(35)17-23-12-9-20(2)27(31(23)30)14-13-26-18-24(34)15-16-37-26/h5-12,17,20,24-27,29-31,34-35H,4,13-16,18-19H2,1-3H3/t20-,24+,25+,26+,27-,29?,30-,31-/m0/s1. The van der Waals surface area contributed by atoms with Crippen LogP contribution in [0.1, 0.15) is 57.9 Å². The topological polar surface area (TPSA) is 85.2 Å². The zero-order valence-corrected chi connectivity index (χ0v) is 23.3. The van der Waals surface area contributed by atoms with Crippen LogP contribution < -0.4 is 4.74 Å². The molecule has 39 heavy (non-hydrogen) atoms. The SMILES string of the molecule is CCC(Oc1c(C)ccc2ccccc12)C(=O)O[C@H]1C[C@H](O)C=C2C=C[C@H](C)[C@H](CC[C@@H]3C[C@H](O)CCO3)[C@H]21. The number of carbonyl (C=O) groups excluding carboxylic acids is 1. The molecule has 6 nitrogen and oxygen atoms in total. The van der Waals surface area contributed by atoms with Crippen LogP contribution in [-0.2, 0) is 14.3 Å². The highest BCUT2D eigenvalue weighted by Crippen LogP contribution is 2.44. The average Bonchev–Trinajstić information content (AvgIpc) is 2.92. The summed E-state index contributed by atoms with van der Waals surface area (Å²) in [6, 6.07) is 12.1. The van der Waals surface area contributed by atoms with Gasteiger partial charge in [-0.1, -0.05) is 68.5 Å². The molecule has 0 spiro atoms. The fraction of sp³-hybridized carbons (Fsp3) is 0.545. The van der Waals surface area contributed by atoms with E-state index in [1.807, 2.05) is 50.3 Å². The maximum absolute atomic E-state index is 13.6. The largest absolute Gasteiger partial charge is 0.478 e. The van der Waals surface area contributed by atoms with Gasteiger partial charge in [0, 0.05) is 24.3 Å². The quantitative estimate of drug-likeness (QED) is 0.425. The molecule has 3 aliphatic rings. The van der Waals surface area contributed by atoms with Crippen LogP contribution in [0.2, 0.25) is 0 Å². The second-order valence-electron chi connectivity index (χ2n) is 11.5. The van der Waals surface area contributed by atoms with Gasteiger partial charge in [0.15, 0.2) is 6.10 Å². The van der Waals surface area contributed by atoms with Gasteiger partial charge in [0.2, 0.25) is 0 Å². The van der Waals surface area contributed by atoms with Crippen molar-refractivity contribution in [1.82, 2.24) is 0 Å². The van der Waals surface area contributed by atoms with Gasteiger partial charge in [0.05, 0.1) is 18.3 Å². The maximum Gasteiger partial charge on any atom is 0.347 e. The van der Waals surface area contributed by atoms with Gasteiger partial charge in [-0.3, -0.25) is 0 Å². The van der Waals surface area contributed by atoms with E-state index in [9.17, 15) is 15.0 Å². The summed E-state index contributed by atoms with van der Waals surface area (Å²) >= 11 is 0. The summed E-state index contributed by atoms with van der Waals surface area (Å²) in [7, 11) is 0. The molecular formula is C33H42O6. The molecule has 1 unspecified atom stereocenters. The van der Waals surface area contributed by atoms with Crippen molar-refractivity contribution in [2.75, 3.05) is 6.61 Å². The highest BCUT2D eigenvalue weighted by molar-refractivity contribution is 5.90. The average molecular weight is 535 g/mol. The molecule has 1 saturated heterocycles. The Bertz CT molecular complexity index is 1220. The molecule has 1 aliphatic heterocycles. The van der Waals surface area contributed by atoms with Gasteiger partial charge in [-0.2, -0.15) is 0 Å². The van der Waals surface area contributed by atoms with Gasteiger partial charge >= 0.3 is 5.97 Å². The lowest BCUT2D eigenvalue weighted by Gasteiger charge is -2.43. The Morgan fingerprint density at radius 2 is 1.95 bits per heavy atom. The third-order valence-electron chi connectivity index (χ3n) is 8.77. The summed E-state index contributed by atoms with van der Waals surface area (Å²) in [5.74, 6) is 0.873. The van der Waals surface area contributed by atoms with Crippen molar-refractivity contribution in [3.05, 3.63) is 65.8 Å². The van der Waals surface area contributed by atoms with E-state index >= 15 is 0 Å². The first kappa shape index (κ1) is 27.9. The first-order chi connectivity index (χ1) is 18.8. The summed E-state index contributed by atoms with van der Waals surface area (Å²) in [5.41, 5.74) is 2.01. The van der Waals surface area contributed by atoms with Gasteiger partial charge < -0.3 is 24.4 Å². The van der Waals surface area contributed by atoms with Gasteiger partial charge in [0.1, 0.15) is 11.9 Å². The van der Waals surface area contributed by atoms with E-state index in [1.165, 1.54) is 0 Å². The van der Waals surface area contributed by atoms with Crippen LogP contribution in [-0.4, -0.2) is 53.3 Å². The predicted molar refractivity (Wildman–Crippen MR) is 151 cm³/mol. The molecule has 2 aromatic carbocycles. The number of aliphatic hydroxyl groups excluding tert-OH is 2. The molecule has 2 aliphatic carbocycles. The number of esters is 1. The number of ether oxygens (including phenoxy) is 3. The van der Waals surface area contributed by atoms with Crippen molar-refractivity contribution in [1.29, 1.82) is 0 Å². The number of benzene rings is 2. The van der Waals surface area contributed by atoms with Crippen LogP contribution in [0.4, 0.5) is 0 Å². The van der Waals surface area contributed by atoms with E-state index in [-0.39, 0.29) is 30.0 Å². The molecule has 2 aromatic rings. The van der Waals surface area contributed by atoms with E-state index in [1.54, 1.807) is 0 Å². The molecule has 6 heteroatoms. The minimum atomic E-state index is -0.742. The lowest BCUT2D eigenvalue weighted by Crippen LogP contribution is -2.44. The fourth-order valence-electron chi connectivity index (χ4n) is 6.60. The highest BCUT2D eigenvalue weighted by atomic mass is 16.6. The first-order valence-electron chi connectivity index (χ1n) is 14.6. The number of hydrogen-bond donors (Lipinski definition) is 2. The van der Waals surface area contributed by atoms with Crippen molar-refractivity contribution >= 4 is 16.7 Å². The lowest BCUT2D eigenvalue weighted by molar-refractivity contribution is -0.163. The maximum atomic E-state index is 13.6. The Morgan fingerprint density at radius 1 is 1.13 bits per heavy atom. The smallest absolute Gasteiger partial charge is 0.347 e. The monoisotopic (exact) mass is 534 g/mol. The fourth-order valence-corrected chi connectivity index (χ4v) is 6.60. The van der Waals surface area contributed by atoms with Crippen LogP contribution in [0.5, 0.6) is 5.75 Å². The second-order valence-corrected chi connectivity index (χ2v) is 11.5. The predicted octanol–water partition coefficient (Wildman–Crippen LogP) is 5.67. The second kappa shape index (κ2) is 12.2. The Labute approximate surface area is 231 Å². The first-order valence-corrected chi connectivity index (χ1v) is 14.6. The number of carbonyl (C=O) groups is 1. The molecule has 0 bridgehead atoms. The summed E-state index contributed by atoms with van der Waals surface area (Å²) in [4.78, 5) is 13.6. The Balaban J connectivity index is 1.33. The van der Waals surface area contributed by atoms with Crippen molar-refractivity contribution in [2.24, 2.45) is 17.8 Å². The van der Waals surface area contributed by atoms with E-state index in [0.717, 1.165) is 34.8 Å². The zero-order chi connectivity index (χ0) is 27.5. The van der Waals surface area contributed by atoms with E-state index in [0.29, 0.717) is 44.0 Å².